The number of aryl methyl sites for hydroxylation is 1. The number of nitrogens with one attached hydrogen (secondary N) is 1. The van der Waals surface area contributed by atoms with E-state index in [-0.39, 0.29) is 39.6 Å². The summed E-state index contributed by atoms with van der Waals surface area (Å²) in [6.45, 7) is 8.31. The number of ether oxygens (including phenoxy) is 2. The van der Waals surface area contributed by atoms with Crippen molar-refractivity contribution in [2.45, 2.75) is 50.8 Å². The Hall–Kier alpha value is -3.28. The lowest BCUT2D eigenvalue weighted by atomic mass is 9.87. The summed E-state index contributed by atoms with van der Waals surface area (Å²) in [5, 5.41) is -0.200. The van der Waals surface area contributed by atoms with Crippen molar-refractivity contribution in [3.8, 4) is 29.7 Å². The first-order valence-corrected chi connectivity index (χ1v) is 12.9. The second kappa shape index (κ2) is 11.0. The van der Waals surface area contributed by atoms with Gasteiger partial charge in [-0.3, -0.25) is 4.72 Å². The summed E-state index contributed by atoms with van der Waals surface area (Å²) in [4.78, 5) is 8.27. The number of hydrogen-bond acceptors (Lipinski definition) is 6. The average Bonchev–Trinajstić information content (AvgIpc) is 2.78. The molecule has 1 aromatic heterocycles. The zero-order valence-electron chi connectivity index (χ0n) is 20.1. The number of benzene rings is 2. The number of sulfonamides is 1. The summed E-state index contributed by atoms with van der Waals surface area (Å²) in [5.41, 5.74) is 1.85. The third kappa shape index (κ3) is 7.10. The molecule has 0 saturated heterocycles. The van der Waals surface area contributed by atoms with Crippen LogP contribution in [0, 0.1) is 19.3 Å². The van der Waals surface area contributed by atoms with Crippen LogP contribution < -0.4 is 14.2 Å². The second-order valence-corrected chi connectivity index (χ2v) is 11.0. The molecule has 0 unspecified atom stereocenters. The standard InChI is InChI=1S/C26H28ClN3O4S/c1-6-7-8-16-33-24-22(34-20-11-9-10-18(2)17-20)23(28-25(27)29-24)30-35(31,32)21-14-12-19(13-15-21)26(3,4)5/h1,9-15,17H,7-8,16H2,2-5H3,(H,28,29,30). The fourth-order valence-corrected chi connectivity index (χ4v) is 4.29. The van der Waals surface area contributed by atoms with E-state index in [0.717, 1.165) is 11.1 Å². The van der Waals surface area contributed by atoms with E-state index in [4.69, 9.17) is 27.5 Å². The van der Waals surface area contributed by atoms with E-state index in [1.165, 1.54) is 0 Å². The lowest BCUT2D eigenvalue weighted by molar-refractivity contribution is 0.286. The van der Waals surface area contributed by atoms with Gasteiger partial charge in [0.2, 0.25) is 11.0 Å². The van der Waals surface area contributed by atoms with Crippen molar-refractivity contribution in [1.82, 2.24) is 9.97 Å². The fraction of sp³-hybridized carbons (Fsp3) is 0.308. The highest BCUT2D eigenvalue weighted by atomic mass is 35.5. The van der Waals surface area contributed by atoms with Gasteiger partial charge in [-0.1, -0.05) is 45.0 Å². The first kappa shape index (κ1) is 26.3. The van der Waals surface area contributed by atoms with Crippen molar-refractivity contribution in [2.75, 3.05) is 11.3 Å². The van der Waals surface area contributed by atoms with Crippen LogP contribution in [-0.2, 0) is 15.4 Å². The number of nitrogens with zero attached hydrogens (tertiary/aromatic N) is 2. The van der Waals surface area contributed by atoms with Crippen LogP contribution in [0.3, 0.4) is 0 Å². The Morgan fingerprint density at radius 1 is 1.11 bits per heavy atom. The van der Waals surface area contributed by atoms with Crippen LogP contribution in [0.5, 0.6) is 17.4 Å². The second-order valence-electron chi connectivity index (χ2n) is 8.93. The van der Waals surface area contributed by atoms with E-state index >= 15 is 0 Å². The van der Waals surface area contributed by atoms with Gasteiger partial charge in [0, 0.05) is 6.42 Å². The molecule has 0 amide bonds. The van der Waals surface area contributed by atoms with Crippen molar-refractivity contribution in [2.24, 2.45) is 0 Å². The van der Waals surface area contributed by atoms with E-state index in [9.17, 15) is 8.42 Å². The Labute approximate surface area is 211 Å². The lowest BCUT2D eigenvalue weighted by Gasteiger charge is -2.19. The van der Waals surface area contributed by atoms with E-state index in [0.29, 0.717) is 18.6 Å². The number of anilines is 1. The molecule has 0 aliphatic heterocycles. The minimum Gasteiger partial charge on any atom is -0.475 e. The largest absolute Gasteiger partial charge is 0.475 e. The molecule has 2 aromatic carbocycles. The fourth-order valence-electron chi connectivity index (χ4n) is 3.12. The summed E-state index contributed by atoms with van der Waals surface area (Å²) in [5.74, 6) is 2.86. The quantitative estimate of drug-likeness (QED) is 0.210. The van der Waals surface area contributed by atoms with Crippen LogP contribution in [0.25, 0.3) is 0 Å². The Kier molecular flexibility index (Phi) is 8.26. The van der Waals surface area contributed by atoms with Crippen molar-refractivity contribution in [1.29, 1.82) is 0 Å². The molecule has 0 bridgehead atoms. The summed E-state index contributed by atoms with van der Waals surface area (Å²) >= 11 is 6.11. The van der Waals surface area contributed by atoms with Crippen molar-refractivity contribution >= 4 is 27.4 Å². The lowest BCUT2D eigenvalue weighted by Crippen LogP contribution is -2.17. The summed E-state index contributed by atoms with van der Waals surface area (Å²) in [7, 11) is -4.02. The summed E-state index contributed by atoms with van der Waals surface area (Å²) in [6, 6.07) is 13.9. The maximum atomic E-state index is 13.2. The molecule has 35 heavy (non-hydrogen) atoms. The molecule has 0 radical (unpaired) electrons. The Balaban J connectivity index is 2.00. The van der Waals surface area contributed by atoms with E-state index in [2.05, 4.69) is 41.4 Å². The van der Waals surface area contributed by atoms with Gasteiger partial charge in [0.1, 0.15) is 5.75 Å². The molecule has 0 saturated carbocycles. The molecule has 0 aliphatic carbocycles. The molecule has 1 heterocycles. The Morgan fingerprint density at radius 2 is 1.83 bits per heavy atom. The SMILES string of the molecule is C#CCCCOc1nc(Cl)nc(NS(=O)(=O)c2ccc(C(C)(C)C)cc2)c1Oc1cccc(C)c1. The Morgan fingerprint density at radius 3 is 2.46 bits per heavy atom. The van der Waals surface area contributed by atoms with Crippen LogP contribution >= 0.6 is 11.6 Å². The molecule has 3 aromatic rings. The maximum absolute atomic E-state index is 13.2. The van der Waals surface area contributed by atoms with Crippen LogP contribution in [0.4, 0.5) is 5.82 Å². The zero-order valence-corrected chi connectivity index (χ0v) is 21.7. The van der Waals surface area contributed by atoms with Gasteiger partial charge in [0.05, 0.1) is 11.5 Å². The average molecular weight is 514 g/mol. The highest BCUT2D eigenvalue weighted by Crippen LogP contribution is 2.38. The van der Waals surface area contributed by atoms with Gasteiger partial charge >= 0.3 is 0 Å². The van der Waals surface area contributed by atoms with Gasteiger partial charge < -0.3 is 9.47 Å². The number of rotatable bonds is 9. The Bertz CT molecular complexity index is 1330. The highest BCUT2D eigenvalue weighted by molar-refractivity contribution is 7.92. The third-order valence-electron chi connectivity index (χ3n) is 4.98. The highest BCUT2D eigenvalue weighted by Gasteiger charge is 2.24. The molecular formula is C26H28ClN3O4S. The van der Waals surface area contributed by atoms with Crippen LogP contribution in [-0.4, -0.2) is 25.0 Å². The van der Waals surface area contributed by atoms with Crippen molar-refractivity contribution < 1.29 is 17.9 Å². The van der Waals surface area contributed by atoms with Crippen molar-refractivity contribution in [3.05, 3.63) is 64.9 Å². The number of aromatic nitrogens is 2. The molecule has 0 atom stereocenters. The number of terminal acetylenes is 1. The van der Waals surface area contributed by atoms with Gasteiger partial charge in [0.15, 0.2) is 5.82 Å². The molecule has 0 spiro atoms. The van der Waals surface area contributed by atoms with Gasteiger partial charge in [0.25, 0.3) is 15.9 Å². The summed E-state index contributed by atoms with van der Waals surface area (Å²) < 4.78 is 40.6. The summed E-state index contributed by atoms with van der Waals surface area (Å²) in [6.07, 6.45) is 6.39. The van der Waals surface area contributed by atoms with Crippen LogP contribution in [0.2, 0.25) is 5.28 Å². The molecule has 0 aliphatic rings. The monoisotopic (exact) mass is 513 g/mol. The van der Waals surface area contributed by atoms with Crippen molar-refractivity contribution in [3.63, 3.8) is 0 Å². The van der Waals surface area contributed by atoms with Crippen LogP contribution in [0.15, 0.2) is 53.4 Å². The van der Waals surface area contributed by atoms with E-state index in [1.807, 2.05) is 19.1 Å². The predicted octanol–water partition coefficient (Wildman–Crippen LogP) is 6.12. The van der Waals surface area contributed by atoms with E-state index in [1.54, 1.807) is 36.4 Å². The minimum absolute atomic E-state index is 0.00399. The van der Waals surface area contributed by atoms with Gasteiger partial charge in [-0.05, 0) is 65.8 Å². The normalized spacial score (nSPS) is 11.5. The maximum Gasteiger partial charge on any atom is 0.264 e. The first-order chi connectivity index (χ1) is 16.5. The van der Waals surface area contributed by atoms with Gasteiger partial charge in [-0.25, -0.2) is 8.42 Å². The molecule has 184 valence electrons. The molecule has 3 rings (SSSR count). The van der Waals surface area contributed by atoms with Crippen LogP contribution in [0.1, 0.15) is 44.7 Å². The van der Waals surface area contributed by atoms with E-state index < -0.39 is 10.0 Å². The number of unbranched alkanes of at least 4 members (excludes halogenated alkanes) is 1. The third-order valence-corrected chi connectivity index (χ3v) is 6.51. The number of hydrogen-bond donors (Lipinski definition) is 1. The molecule has 1 N–H and O–H groups in total. The smallest absolute Gasteiger partial charge is 0.264 e. The van der Waals surface area contributed by atoms with Gasteiger partial charge in [-0.15, -0.1) is 12.3 Å². The predicted molar refractivity (Wildman–Crippen MR) is 138 cm³/mol. The molecule has 9 heteroatoms. The minimum atomic E-state index is -4.02. The first-order valence-electron chi connectivity index (χ1n) is 11.0. The number of halogens is 1. The molecular weight excluding hydrogens is 486 g/mol. The molecule has 0 fully saturated rings. The molecule has 7 nitrogen and oxygen atoms in total. The zero-order chi connectivity index (χ0) is 25.6. The topological polar surface area (TPSA) is 90.4 Å². The van der Waals surface area contributed by atoms with Gasteiger partial charge in [-0.2, -0.15) is 9.97 Å².